The summed E-state index contributed by atoms with van der Waals surface area (Å²) in [6, 6.07) is 4.57. The highest BCUT2D eigenvalue weighted by molar-refractivity contribution is 14.0. The fraction of sp³-hybridized carbons (Fsp3) is 0.684. The van der Waals surface area contributed by atoms with Gasteiger partial charge in [-0.15, -0.1) is 35.3 Å². The molecule has 6 nitrogen and oxygen atoms in total. The number of nitrogens with one attached hydrogen (secondary N) is 2. The lowest BCUT2D eigenvalue weighted by molar-refractivity contribution is -0.127. The summed E-state index contributed by atoms with van der Waals surface area (Å²) in [5.74, 6) is 0.747. The molecule has 8 heteroatoms. The van der Waals surface area contributed by atoms with Gasteiger partial charge in [0.2, 0.25) is 5.91 Å². The quantitative estimate of drug-likeness (QED) is 0.323. The Morgan fingerprint density at radius 3 is 2.70 bits per heavy atom. The summed E-state index contributed by atoms with van der Waals surface area (Å²) in [7, 11) is 3.52. The molecule has 1 aromatic rings. The minimum absolute atomic E-state index is 0. The number of amides is 1. The minimum Gasteiger partial charge on any atom is -0.354 e. The van der Waals surface area contributed by atoms with Crippen molar-refractivity contribution in [2.24, 2.45) is 4.99 Å². The van der Waals surface area contributed by atoms with Gasteiger partial charge in [0.05, 0.1) is 6.54 Å². The third kappa shape index (κ3) is 9.25. The maximum absolute atomic E-state index is 11.9. The van der Waals surface area contributed by atoms with Gasteiger partial charge in [-0.2, -0.15) is 0 Å². The van der Waals surface area contributed by atoms with Gasteiger partial charge in [0.25, 0.3) is 0 Å². The van der Waals surface area contributed by atoms with Crippen molar-refractivity contribution in [3.8, 4) is 0 Å². The molecule has 0 aliphatic carbocycles. The van der Waals surface area contributed by atoms with Gasteiger partial charge in [0.1, 0.15) is 6.54 Å². The van der Waals surface area contributed by atoms with E-state index in [9.17, 15) is 4.79 Å². The molecule has 0 atom stereocenters. The monoisotopic (exact) mass is 507 g/mol. The molecule has 0 bridgehead atoms. The molecule has 1 aromatic heterocycles. The Bertz CT molecular complexity index is 556. The summed E-state index contributed by atoms with van der Waals surface area (Å²) < 4.78 is 0. The number of likely N-dealkylation sites (tertiary alicyclic amines) is 1. The SMILES string of the molecule is CCCCN1CCC(NC(=NCC(=O)N(C)C)NCc2cccs2)CC1.I. The second kappa shape index (κ2) is 13.3. The molecule has 0 radical (unpaired) electrons. The standard InChI is InChI=1S/C19H33N5OS.HI/c1-4-5-10-24-11-8-16(9-12-24)22-19(21-15-18(25)23(2)3)20-14-17-7-6-13-26-17;/h6-7,13,16H,4-5,8-12,14-15H2,1-3H3,(H2,20,21,22);1H. The van der Waals surface area contributed by atoms with Crippen LogP contribution in [0.1, 0.15) is 37.5 Å². The number of piperidine rings is 1. The molecule has 1 aliphatic heterocycles. The Balaban J connectivity index is 0.00000364. The van der Waals surface area contributed by atoms with Crippen molar-refractivity contribution in [3.05, 3.63) is 22.4 Å². The van der Waals surface area contributed by atoms with E-state index >= 15 is 0 Å². The number of carbonyl (C=O) groups excluding carboxylic acids is 1. The molecule has 27 heavy (non-hydrogen) atoms. The Labute approximate surface area is 184 Å². The summed E-state index contributed by atoms with van der Waals surface area (Å²) in [5, 5.41) is 8.98. The average molecular weight is 507 g/mol. The fourth-order valence-electron chi connectivity index (χ4n) is 2.90. The van der Waals surface area contributed by atoms with Gasteiger partial charge >= 0.3 is 0 Å². The smallest absolute Gasteiger partial charge is 0.243 e. The van der Waals surface area contributed by atoms with Crippen LogP contribution in [0.2, 0.25) is 0 Å². The first kappa shape index (κ1) is 24.2. The van der Waals surface area contributed by atoms with E-state index in [1.807, 2.05) is 6.07 Å². The summed E-state index contributed by atoms with van der Waals surface area (Å²) in [6.45, 7) is 6.61. The summed E-state index contributed by atoms with van der Waals surface area (Å²) in [6.07, 6.45) is 4.76. The van der Waals surface area contributed by atoms with Crippen LogP contribution in [0.3, 0.4) is 0 Å². The predicted molar refractivity (Wildman–Crippen MR) is 125 cm³/mol. The van der Waals surface area contributed by atoms with E-state index in [2.05, 4.69) is 38.9 Å². The van der Waals surface area contributed by atoms with Crippen molar-refractivity contribution >= 4 is 47.2 Å². The first-order valence-electron chi connectivity index (χ1n) is 9.58. The first-order valence-corrected chi connectivity index (χ1v) is 10.5. The molecule has 2 heterocycles. The number of unbranched alkanes of at least 4 members (excludes halogenated alkanes) is 1. The highest BCUT2D eigenvalue weighted by Gasteiger charge is 2.19. The van der Waals surface area contributed by atoms with Crippen molar-refractivity contribution in [3.63, 3.8) is 0 Å². The van der Waals surface area contributed by atoms with Crippen LogP contribution in [0.15, 0.2) is 22.5 Å². The molecule has 0 saturated carbocycles. The lowest BCUT2D eigenvalue weighted by Gasteiger charge is -2.33. The Morgan fingerprint density at radius 2 is 2.11 bits per heavy atom. The topological polar surface area (TPSA) is 60.0 Å². The van der Waals surface area contributed by atoms with Crippen molar-refractivity contribution in [2.45, 2.75) is 45.2 Å². The number of hydrogen-bond acceptors (Lipinski definition) is 4. The summed E-state index contributed by atoms with van der Waals surface area (Å²) >= 11 is 1.72. The Morgan fingerprint density at radius 1 is 1.37 bits per heavy atom. The minimum atomic E-state index is 0. The van der Waals surface area contributed by atoms with Crippen molar-refractivity contribution in [2.75, 3.05) is 40.3 Å². The van der Waals surface area contributed by atoms with Crippen LogP contribution in [0.4, 0.5) is 0 Å². The lowest BCUT2D eigenvalue weighted by Crippen LogP contribution is -2.48. The molecular weight excluding hydrogens is 473 g/mol. The zero-order valence-electron chi connectivity index (χ0n) is 16.7. The third-order valence-electron chi connectivity index (χ3n) is 4.64. The second-order valence-electron chi connectivity index (χ2n) is 7.00. The van der Waals surface area contributed by atoms with Gasteiger partial charge in [-0.3, -0.25) is 4.79 Å². The highest BCUT2D eigenvalue weighted by Crippen LogP contribution is 2.11. The fourth-order valence-corrected chi connectivity index (χ4v) is 3.55. The number of hydrogen-bond donors (Lipinski definition) is 2. The molecule has 1 saturated heterocycles. The molecule has 154 valence electrons. The molecular formula is C19H34IN5OS. The number of rotatable bonds is 8. The summed E-state index contributed by atoms with van der Waals surface area (Å²) in [4.78, 5) is 21.8. The zero-order valence-corrected chi connectivity index (χ0v) is 19.9. The second-order valence-corrected chi connectivity index (χ2v) is 8.03. The van der Waals surface area contributed by atoms with Gasteiger partial charge < -0.3 is 20.4 Å². The van der Waals surface area contributed by atoms with Crippen LogP contribution in [-0.4, -0.2) is 68.0 Å². The Hall–Kier alpha value is -0.870. The maximum Gasteiger partial charge on any atom is 0.243 e. The molecule has 0 aromatic carbocycles. The van der Waals surface area contributed by atoms with Gasteiger partial charge in [0, 0.05) is 38.1 Å². The van der Waals surface area contributed by atoms with E-state index in [4.69, 9.17) is 0 Å². The number of thiophene rings is 1. The van der Waals surface area contributed by atoms with E-state index in [0.717, 1.165) is 38.4 Å². The van der Waals surface area contributed by atoms with E-state index in [1.165, 1.54) is 24.3 Å². The molecule has 0 unspecified atom stereocenters. The lowest BCUT2D eigenvalue weighted by atomic mass is 10.0. The molecule has 2 rings (SSSR count). The molecule has 2 N–H and O–H groups in total. The van der Waals surface area contributed by atoms with Crippen LogP contribution in [0.5, 0.6) is 0 Å². The van der Waals surface area contributed by atoms with Gasteiger partial charge in [0.15, 0.2) is 5.96 Å². The zero-order chi connectivity index (χ0) is 18.8. The predicted octanol–water partition coefficient (Wildman–Crippen LogP) is 2.75. The molecule has 1 aliphatic rings. The average Bonchev–Trinajstić information content (AvgIpc) is 3.16. The van der Waals surface area contributed by atoms with Crippen molar-refractivity contribution in [1.29, 1.82) is 0 Å². The number of likely N-dealkylation sites (N-methyl/N-ethyl adjacent to an activating group) is 1. The van der Waals surface area contributed by atoms with Crippen LogP contribution < -0.4 is 10.6 Å². The molecule has 1 fully saturated rings. The number of guanidine groups is 1. The van der Waals surface area contributed by atoms with E-state index < -0.39 is 0 Å². The first-order chi connectivity index (χ1) is 12.6. The van der Waals surface area contributed by atoms with E-state index in [0.29, 0.717) is 6.04 Å². The van der Waals surface area contributed by atoms with Crippen LogP contribution in [-0.2, 0) is 11.3 Å². The number of carbonyl (C=O) groups is 1. The van der Waals surface area contributed by atoms with Gasteiger partial charge in [-0.05, 0) is 37.3 Å². The van der Waals surface area contributed by atoms with Crippen LogP contribution in [0.25, 0.3) is 0 Å². The van der Waals surface area contributed by atoms with Gasteiger partial charge in [-0.1, -0.05) is 19.4 Å². The Kier molecular flexibility index (Phi) is 11.9. The van der Waals surface area contributed by atoms with Gasteiger partial charge in [-0.25, -0.2) is 4.99 Å². The van der Waals surface area contributed by atoms with E-state index in [-0.39, 0.29) is 36.4 Å². The maximum atomic E-state index is 11.9. The number of aliphatic imine (C=N–C) groups is 1. The highest BCUT2D eigenvalue weighted by atomic mass is 127. The number of nitrogens with zero attached hydrogens (tertiary/aromatic N) is 3. The van der Waals surface area contributed by atoms with Crippen molar-refractivity contribution < 1.29 is 4.79 Å². The van der Waals surface area contributed by atoms with Crippen LogP contribution >= 0.6 is 35.3 Å². The van der Waals surface area contributed by atoms with Crippen LogP contribution in [0, 0.1) is 0 Å². The molecule has 0 spiro atoms. The van der Waals surface area contributed by atoms with Crippen molar-refractivity contribution in [1.82, 2.24) is 20.4 Å². The normalized spacial score (nSPS) is 15.9. The number of halogens is 1. The van der Waals surface area contributed by atoms with E-state index in [1.54, 1.807) is 30.3 Å². The molecule has 1 amide bonds. The third-order valence-corrected chi connectivity index (χ3v) is 5.51. The summed E-state index contributed by atoms with van der Waals surface area (Å²) in [5.41, 5.74) is 0. The largest absolute Gasteiger partial charge is 0.354 e.